The molecular formula is C13H15NO. The number of hydrogen-bond acceptors (Lipinski definition) is 2. The molecule has 1 unspecified atom stereocenters. The number of Topliss-reactive ketones (excluding diaryl/α,β-unsaturated/α-hetero) is 1. The first-order chi connectivity index (χ1) is 7.10. The number of carbonyl (C=O) groups excluding carboxylic acids is 1. The maximum Gasteiger partial charge on any atom is 0.154 e. The van der Waals surface area contributed by atoms with Gasteiger partial charge in [-0.25, -0.2) is 0 Å². The predicted octanol–water partition coefficient (Wildman–Crippen LogP) is 2.89. The second-order valence-electron chi connectivity index (χ2n) is 3.74. The van der Waals surface area contributed by atoms with E-state index in [0.29, 0.717) is 6.42 Å². The average molecular weight is 201 g/mol. The Labute approximate surface area is 90.5 Å². The molecule has 0 radical (unpaired) electrons. The Morgan fingerprint density at radius 2 is 2.13 bits per heavy atom. The molecule has 0 aromatic heterocycles. The van der Waals surface area contributed by atoms with Crippen LogP contribution in [-0.4, -0.2) is 5.78 Å². The third kappa shape index (κ3) is 2.44. The van der Waals surface area contributed by atoms with E-state index in [2.05, 4.69) is 6.07 Å². The minimum absolute atomic E-state index is 0.00977. The third-order valence-electron chi connectivity index (χ3n) is 2.54. The first-order valence-electron chi connectivity index (χ1n) is 5.09. The zero-order chi connectivity index (χ0) is 11.4. The number of nitrogens with zero attached hydrogens (tertiary/aromatic N) is 1. The molecule has 78 valence electrons. The molecule has 0 aliphatic carbocycles. The highest BCUT2D eigenvalue weighted by Crippen LogP contribution is 2.22. The Balaban J connectivity index is 3.14. The van der Waals surface area contributed by atoms with Crippen molar-refractivity contribution >= 4 is 5.78 Å². The molecule has 0 N–H and O–H groups in total. The van der Waals surface area contributed by atoms with E-state index in [1.54, 1.807) is 6.92 Å². The molecule has 1 aromatic carbocycles. The lowest BCUT2D eigenvalue weighted by Gasteiger charge is -2.10. The lowest BCUT2D eigenvalue weighted by atomic mass is 9.90. The summed E-state index contributed by atoms with van der Waals surface area (Å²) in [5.41, 5.74) is 3.01. The first-order valence-corrected chi connectivity index (χ1v) is 5.09. The molecule has 2 nitrogen and oxygen atoms in total. The topological polar surface area (TPSA) is 40.9 Å². The molecule has 0 saturated heterocycles. The van der Waals surface area contributed by atoms with Crippen molar-refractivity contribution in [3.05, 3.63) is 34.9 Å². The molecule has 0 bridgehead atoms. The molecule has 0 amide bonds. The third-order valence-corrected chi connectivity index (χ3v) is 2.54. The Bertz CT molecular complexity index is 415. The van der Waals surface area contributed by atoms with Gasteiger partial charge in [0.1, 0.15) is 5.92 Å². The van der Waals surface area contributed by atoms with Crippen molar-refractivity contribution < 1.29 is 4.79 Å². The number of rotatable bonds is 3. The van der Waals surface area contributed by atoms with E-state index < -0.39 is 5.92 Å². The summed E-state index contributed by atoms with van der Waals surface area (Å²) >= 11 is 0. The Hall–Kier alpha value is -1.62. The summed E-state index contributed by atoms with van der Waals surface area (Å²) in [6, 6.07) is 7.90. The Morgan fingerprint density at radius 1 is 1.47 bits per heavy atom. The first kappa shape index (κ1) is 11.5. The van der Waals surface area contributed by atoms with Gasteiger partial charge in [0.25, 0.3) is 0 Å². The summed E-state index contributed by atoms with van der Waals surface area (Å²) in [5, 5.41) is 9.00. The summed E-state index contributed by atoms with van der Waals surface area (Å²) in [5.74, 6) is -0.611. The van der Waals surface area contributed by atoms with E-state index in [0.717, 1.165) is 16.7 Å². The highest BCUT2D eigenvalue weighted by atomic mass is 16.1. The van der Waals surface area contributed by atoms with Crippen LogP contribution in [0.25, 0.3) is 0 Å². The molecule has 0 spiro atoms. The number of ketones is 1. The number of aryl methyl sites for hydroxylation is 2. The van der Waals surface area contributed by atoms with E-state index in [4.69, 9.17) is 5.26 Å². The second kappa shape index (κ2) is 4.75. The SMILES string of the molecule is CCC(=O)C(C#N)c1ccc(C)cc1C. The van der Waals surface area contributed by atoms with E-state index >= 15 is 0 Å². The maximum atomic E-state index is 11.6. The van der Waals surface area contributed by atoms with Crippen LogP contribution in [-0.2, 0) is 4.79 Å². The molecule has 0 fully saturated rings. The van der Waals surface area contributed by atoms with Gasteiger partial charge >= 0.3 is 0 Å². The molecular weight excluding hydrogens is 186 g/mol. The molecule has 0 aliphatic rings. The summed E-state index contributed by atoms with van der Waals surface area (Å²) in [6.45, 7) is 5.73. The van der Waals surface area contributed by atoms with Gasteiger partial charge in [0.05, 0.1) is 6.07 Å². The van der Waals surface area contributed by atoms with Crippen molar-refractivity contribution in [2.45, 2.75) is 33.1 Å². The van der Waals surface area contributed by atoms with Gasteiger partial charge in [-0.1, -0.05) is 30.7 Å². The lowest BCUT2D eigenvalue weighted by Crippen LogP contribution is -2.10. The number of benzene rings is 1. The highest BCUT2D eigenvalue weighted by Gasteiger charge is 2.19. The zero-order valence-corrected chi connectivity index (χ0v) is 9.37. The molecule has 1 aromatic rings. The number of carbonyl (C=O) groups is 1. The smallest absolute Gasteiger partial charge is 0.154 e. The molecule has 1 rings (SSSR count). The van der Waals surface area contributed by atoms with E-state index in [9.17, 15) is 4.79 Å². The van der Waals surface area contributed by atoms with Crippen LogP contribution in [0.3, 0.4) is 0 Å². The van der Waals surface area contributed by atoms with Crippen molar-refractivity contribution in [1.82, 2.24) is 0 Å². The summed E-state index contributed by atoms with van der Waals surface area (Å²) in [6.07, 6.45) is 0.408. The standard InChI is InChI=1S/C13H15NO/c1-4-13(15)12(8-14)11-6-5-9(2)7-10(11)3/h5-7,12H,4H2,1-3H3. The zero-order valence-electron chi connectivity index (χ0n) is 9.37. The minimum Gasteiger partial charge on any atom is -0.298 e. The Morgan fingerprint density at radius 3 is 2.60 bits per heavy atom. The van der Waals surface area contributed by atoms with Gasteiger partial charge in [-0.05, 0) is 25.0 Å². The predicted molar refractivity (Wildman–Crippen MR) is 59.6 cm³/mol. The van der Waals surface area contributed by atoms with Gasteiger partial charge in [-0.15, -0.1) is 0 Å². The van der Waals surface area contributed by atoms with Gasteiger partial charge < -0.3 is 0 Å². The van der Waals surface area contributed by atoms with Gasteiger partial charge in [-0.2, -0.15) is 5.26 Å². The summed E-state index contributed by atoms with van der Waals surface area (Å²) in [7, 11) is 0. The van der Waals surface area contributed by atoms with Crippen molar-refractivity contribution in [2.75, 3.05) is 0 Å². The van der Waals surface area contributed by atoms with Crippen LogP contribution < -0.4 is 0 Å². The van der Waals surface area contributed by atoms with Gasteiger partial charge in [-0.3, -0.25) is 4.79 Å². The largest absolute Gasteiger partial charge is 0.298 e. The molecule has 0 aliphatic heterocycles. The second-order valence-corrected chi connectivity index (χ2v) is 3.74. The monoisotopic (exact) mass is 201 g/mol. The summed E-state index contributed by atoms with van der Waals surface area (Å²) < 4.78 is 0. The molecule has 0 heterocycles. The van der Waals surface area contributed by atoms with Crippen LogP contribution in [0.1, 0.15) is 36.0 Å². The van der Waals surface area contributed by atoms with Crippen LogP contribution in [0.15, 0.2) is 18.2 Å². The van der Waals surface area contributed by atoms with Crippen LogP contribution in [0.2, 0.25) is 0 Å². The molecule has 2 heteroatoms. The quantitative estimate of drug-likeness (QED) is 0.754. The van der Waals surface area contributed by atoms with E-state index in [-0.39, 0.29) is 5.78 Å². The number of hydrogen-bond donors (Lipinski definition) is 0. The fourth-order valence-corrected chi connectivity index (χ4v) is 1.67. The fraction of sp³-hybridized carbons (Fsp3) is 0.385. The van der Waals surface area contributed by atoms with Gasteiger partial charge in [0, 0.05) is 6.42 Å². The van der Waals surface area contributed by atoms with Gasteiger partial charge in [0.15, 0.2) is 5.78 Å². The van der Waals surface area contributed by atoms with Crippen molar-refractivity contribution in [2.24, 2.45) is 0 Å². The molecule has 1 atom stereocenters. The Kier molecular flexibility index (Phi) is 3.62. The highest BCUT2D eigenvalue weighted by molar-refractivity contribution is 5.88. The molecule has 15 heavy (non-hydrogen) atoms. The number of nitriles is 1. The minimum atomic E-state index is -0.601. The van der Waals surface area contributed by atoms with Crippen LogP contribution in [0, 0.1) is 25.2 Å². The molecule has 0 saturated carbocycles. The summed E-state index contributed by atoms with van der Waals surface area (Å²) in [4.78, 5) is 11.6. The van der Waals surface area contributed by atoms with Crippen molar-refractivity contribution in [3.63, 3.8) is 0 Å². The van der Waals surface area contributed by atoms with Crippen LogP contribution in [0.4, 0.5) is 0 Å². The van der Waals surface area contributed by atoms with E-state index in [1.807, 2.05) is 32.0 Å². The van der Waals surface area contributed by atoms with Crippen LogP contribution >= 0.6 is 0 Å². The van der Waals surface area contributed by atoms with E-state index in [1.165, 1.54) is 0 Å². The lowest BCUT2D eigenvalue weighted by molar-refractivity contribution is -0.119. The average Bonchev–Trinajstić information content (AvgIpc) is 2.21. The normalized spacial score (nSPS) is 11.9. The van der Waals surface area contributed by atoms with Gasteiger partial charge in [0.2, 0.25) is 0 Å². The fourth-order valence-electron chi connectivity index (χ4n) is 1.67. The van der Waals surface area contributed by atoms with Crippen molar-refractivity contribution in [1.29, 1.82) is 5.26 Å². The van der Waals surface area contributed by atoms with Crippen molar-refractivity contribution in [3.8, 4) is 6.07 Å². The maximum absolute atomic E-state index is 11.6. The van der Waals surface area contributed by atoms with Crippen LogP contribution in [0.5, 0.6) is 0 Å².